The van der Waals surface area contributed by atoms with E-state index in [-0.39, 0.29) is 12.0 Å². The van der Waals surface area contributed by atoms with Gasteiger partial charge in [-0.15, -0.1) is 0 Å². The van der Waals surface area contributed by atoms with Gasteiger partial charge in [0.2, 0.25) is 0 Å². The first-order chi connectivity index (χ1) is 9.16. The van der Waals surface area contributed by atoms with Gasteiger partial charge in [0.05, 0.1) is 5.92 Å². The fraction of sp³-hybridized carbons (Fsp3) is 0.462. The maximum Gasteiger partial charge on any atom is 0.307 e. The summed E-state index contributed by atoms with van der Waals surface area (Å²) < 4.78 is 12.2. The molecule has 2 atom stereocenters. The molecule has 0 amide bonds. The lowest BCUT2D eigenvalue weighted by Crippen LogP contribution is -2.20. The number of hydrogen-bond acceptors (Lipinski definition) is 4. The van der Waals surface area contributed by atoms with Crippen molar-refractivity contribution in [2.75, 3.05) is 19.8 Å². The van der Waals surface area contributed by atoms with Crippen molar-refractivity contribution >= 4 is 21.9 Å². The average Bonchev–Trinajstić information content (AvgIpc) is 2.88. The second kappa shape index (κ2) is 5.02. The number of aliphatic carboxylic acids is 1. The molecule has 0 saturated carbocycles. The zero-order chi connectivity index (χ0) is 13.4. The van der Waals surface area contributed by atoms with Crippen LogP contribution in [0.1, 0.15) is 18.0 Å². The number of ether oxygens (including phenoxy) is 2. The van der Waals surface area contributed by atoms with Crippen LogP contribution in [0, 0.1) is 5.92 Å². The van der Waals surface area contributed by atoms with Crippen LogP contribution in [-0.2, 0) is 4.79 Å². The molecule has 0 aromatic heterocycles. The summed E-state index contributed by atoms with van der Waals surface area (Å²) in [6, 6.07) is 3.76. The highest BCUT2D eigenvalue weighted by Gasteiger charge is 2.34. The molecule has 1 aromatic carbocycles. The lowest BCUT2D eigenvalue weighted by Gasteiger charge is -2.24. The lowest BCUT2D eigenvalue weighted by atomic mass is 9.99. The molecule has 0 bridgehead atoms. The highest BCUT2D eigenvalue weighted by molar-refractivity contribution is 9.10. The molecule has 2 N–H and O–H groups in total. The number of carboxylic acid groups (broad SMARTS) is 1. The molecule has 0 radical (unpaired) electrons. The van der Waals surface area contributed by atoms with Crippen LogP contribution in [0.15, 0.2) is 16.6 Å². The topological polar surface area (TPSA) is 67.8 Å². The smallest absolute Gasteiger partial charge is 0.307 e. The Kier molecular flexibility index (Phi) is 3.36. The van der Waals surface area contributed by atoms with Crippen LogP contribution in [0.25, 0.3) is 0 Å². The van der Waals surface area contributed by atoms with Crippen molar-refractivity contribution in [2.45, 2.75) is 12.5 Å². The molecule has 3 rings (SSSR count). The summed E-state index contributed by atoms with van der Waals surface area (Å²) in [5.74, 6) is 0.347. The Labute approximate surface area is 119 Å². The summed E-state index contributed by atoms with van der Waals surface area (Å²) >= 11 is 3.52. The van der Waals surface area contributed by atoms with Crippen molar-refractivity contribution in [3.05, 3.63) is 22.2 Å². The summed E-state index contributed by atoms with van der Waals surface area (Å²) in [4.78, 5) is 11.0. The number of nitrogens with one attached hydrogen (secondary N) is 1. The van der Waals surface area contributed by atoms with E-state index < -0.39 is 5.97 Å². The minimum absolute atomic E-state index is 0.0212. The first kappa shape index (κ1) is 12.7. The van der Waals surface area contributed by atoms with Crippen molar-refractivity contribution in [1.82, 2.24) is 5.32 Å². The van der Waals surface area contributed by atoms with Crippen molar-refractivity contribution in [3.8, 4) is 11.5 Å². The molecule has 1 aromatic rings. The van der Waals surface area contributed by atoms with E-state index in [0.717, 1.165) is 21.5 Å². The molecule has 6 heteroatoms. The third-order valence-electron chi connectivity index (χ3n) is 3.52. The number of rotatable bonds is 2. The molecular weight excluding hydrogens is 314 g/mol. The fourth-order valence-corrected chi connectivity index (χ4v) is 3.17. The summed E-state index contributed by atoms with van der Waals surface area (Å²) in [5.41, 5.74) is 0.959. The number of carbonyl (C=O) groups is 1. The summed E-state index contributed by atoms with van der Waals surface area (Å²) in [6.07, 6.45) is 0.563. The van der Waals surface area contributed by atoms with E-state index in [2.05, 4.69) is 21.2 Å². The van der Waals surface area contributed by atoms with E-state index in [0.29, 0.717) is 26.2 Å². The molecule has 1 fully saturated rings. The molecule has 2 unspecified atom stereocenters. The van der Waals surface area contributed by atoms with Gasteiger partial charge >= 0.3 is 5.97 Å². The second-order valence-corrected chi connectivity index (χ2v) is 5.57. The zero-order valence-corrected chi connectivity index (χ0v) is 11.8. The van der Waals surface area contributed by atoms with Crippen LogP contribution >= 0.6 is 15.9 Å². The van der Waals surface area contributed by atoms with E-state index in [4.69, 9.17) is 14.6 Å². The van der Waals surface area contributed by atoms with E-state index in [1.165, 1.54) is 0 Å². The largest absolute Gasteiger partial charge is 0.486 e. The maximum absolute atomic E-state index is 11.0. The molecular formula is C13H14BrNO4. The highest BCUT2D eigenvalue weighted by Crippen LogP contribution is 2.44. The Morgan fingerprint density at radius 3 is 2.89 bits per heavy atom. The SMILES string of the molecule is O=C(O)C1CNC(c2c(Br)ccc3c2OCCO3)C1. The van der Waals surface area contributed by atoms with Gasteiger partial charge in [0.15, 0.2) is 11.5 Å². The predicted octanol–water partition coefficient (Wildman–Crippen LogP) is 1.96. The zero-order valence-electron chi connectivity index (χ0n) is 10.2. The summed E-state index contributed by atoms with van der Waals surface area (Å²) in [6.45, 7) is 1.55. The Morgan fingerprint density at radius 1 is 1.37 bits per heavy atom. The molecule has 0 aliphatic carbocycles. The molecule has 2 aliphatic rings. The minimum atomic E-state index is -0.756. The molecule has 102 valence electrons. The van der Waals surface area contributed by atoms with Crippen molar-refractivity contribution in [3.63, 3.8) is 0 Å². The summed E-state index contributed by atoms with van der Waals surface area (Å²) in [5, 5.41) is 12.3. The monoisotopic (exact) mass is 327 g/mol. The fourth-order valence-electron chi connectivity index (χ4n) is 2.58. The lowest BCUT2D eigenvalue weighted by molar-refractivity contribution is -0.141. The molecule has 0 spiro atoms. The Bertz CT molecular complexity index is 520. The molecule has 5 nitrogen and oxygen atoms in total. The Morgan fingerprint density at radius 2 is 2.16 bits per heavy atom. The van der Waals surface area contributed by atoms with Gasteiger partial charge in [-0.25, -0.2) is 0 Å². The van der Waals surface area contributed by atoms with Crippen LogP contribution in [0.4, 0.5) is 0 Å². The number of hydrogen-bond donors (Lipinski definition) is 2. The van der Waals surface area contributed by atoms with E-state index in [9.17, 15) is 4.79 Å². The Hall–Kier alpha value is -1.27. The van der Waals surface area contributed by atoms with E-state index >= 15 is 0 Å². The van der Waals surface area contributed by atoms with Gasteiger partial charge in [-0.1, -0.05) is 15.9 Å². The number of halogens is 1. The highest BCUT2D eigenvalue weighted by atomic mass is 79.9. The average molecular weight is 328 g/mol. The molecule has 2 heterocycles. The molecule has 19 heavy (non-hydrogen) atoms. The third-order valence-corrected chi connectivity index (χ3v) is 4.21. The second-order valence-electron chi connectivity index (χ2n) is 4.72. The third kappa shape index (κ3) is 2.30. The summed E-state index contributed by atoms with van der Waals surface area (Å²) in [7, 11) is 0. The van der Waals surface area contributed by atoms with E-state index in [1.54, 1.807) is 0 Å². The van der Waals surface area contributed by atoms with Crippen LogP contribution in [-0.4, -0.2) is 30.8 Å². The number of fused-ring (bicyclic) bond motifs is 1. The van der Waals surface area contributed by atoms with Gasteiger partial charge in [0.25, 0.3) is 0 Å². The van der Waals surface area contributed by atoms with Crippen molar-refractivity contribution in [2.24, 2.45) is 5.92 Å². The molecule has 1 saturated heterocycles. The van der Waals surface area contributed by atoms with Gasteiger partial charge in [-0.05, 0) is 18.6 Å². The van der Waals surface area contributed by atoms with Gasteiger partial charge in [0.1, 0.15) is 13.2 Å². The van der Waals surface area contributed by atoms with Gasteiger partial charge in [-0.2, -0.15) is 0 Å². The first-order valence-electron chi connectivity index (χ1n) is 6.21. The number of carboxylic acids is 1. The van der Waals surface area contributed by atoms with E-state index in [1.807, 2.05) is 12.1 Å². The van der Waals surface area contributed by atoms with Crippen molar-refractivity contribution in [1.29, 1.82) is 0 Å². The number of benzene rings is 1. The normalized spacial score (nSPS) is 25.3. The van der Waals surface area contributed by atoms with Gasteiger partial charge in [0, 0.05) is 22.6 Å². The molecule has 2 aliphatic heterocycles. The maximum atomic E-state index is 11.0. The van der Waals surface area contributed by atoms with Crippen LogP contribution in [0.3, 0.4) is 0 Å². The van der Waals surface area contributed by atoms with Gasteiger partial charge < -0.3 is 19.9 Å². The standard InChI is InChI=1S/C13H14BrNO4/c14-8-1-2-10-12(19-4-3-18-10)11(8)9-5-7(6-15-9)13(16)17/h1-2,7,9,15H,3-6H2,(H,16,17). The van der Waals surface area contributed by atoms with Crippen molar-refractivity contribution < 1.29 is 19.4 Å². The first-order valence-corrected chi connectivity index (χ1v) is 7.00. The predicted molar refractivity (Wildman–Crippen MR) is 71.6 cm³/mol. The minimum Gasteiger partial charge on any atom is -0.486 e. The van der Waals surface area contributed by atoms with Crippen LogP contribution < -0.4 is 14.8 Å². The Balaban J connectivity index is 1.94. The van der Waals surface area contributed by atoms with Crippen LogP contribution in [0.5, 0.6) is 11.5 Å². The quantitative estimate of drug-likeness (QED) is 0.869. The van der Waals surface area contributed by atoms with Gasteiger partial charge in [-0.3, -0.25) is 4.79 Å². The van der Waals surface area contributed by atoms with Crippen LogP contribution in [0.2, 0.25) is 0 Å².